The van der Waals surface area contributed by atoms with Crippen LogP contribution in [-0.2, 0) is 0 Å². The summed E-state index contributed by atoms with van der Waals surface area (Å²) in [5, 5.41) is 8.60. The highest BCUT2D eigenvalue weighted by molar-refractivity contribution is 5.81. The third-order valence-electron chi connectivity index (χ3n) is 3.77. The van der Waals surface area contributed by atoms with E-state index in [9.17, 15) is 0 Å². The third kappa shape index (κ3) is 3.33. The van der Waals surface area contributed by atoms with Crippen LogP contribution < -0.4 is 9.47 Å². The molecule has 0 saturated heterocycles. The van der Waals surface area contributed by atoms with Crippen LogP contribution in [0, 0.1) is 11.3 Å². The van der Waals surface area contributed by atoms with Gasteiger partial charge in [-0.15, -0.1) is 0 Å². The van der Waals surface area contributed by atoms with Gasteiger partial charge in [0.15, 0.2) is 11.5 Å². The van der Waals surface area contributed by atoms with Crippen molar-refractivity contribution in [2.24, 2.45) is 0 Å². The van der Waals surface area contributed by atoms with Gasteiger partial charge in [0.1, 0.15) is 5.82 Å². The monoisotopic (exact) mass is 321 g/mol. The number of nitriles is 1. The lowest BCUT2D eigenvalue weighted by atomic mass is 10.1. The Morgan fingerprint density at radius 2 is 2.00 bits per heavy atom. The van der Waals surface area contributed by atoms with Crippen molar-refractivity contribution in [3.8, 4) is 29.0 Å². The molecule has 1 aromatic heterocycles. The number of benzene rings is 2. The van der Waals surface area contributed by atoms with Crippen LogP contribution in [0.3, 0.4) is 0 Å². The highest BCUT2D eigenvalue weighted by atomic mass is 16.5. The largest absolute Gasteiger partial charge is 0.493 e. The first-order valence-electron chi connectivity index (χ1n) is 7.95. The number of ether oxygens (including phenoxy) is 2. The molecule has 1 N–H and O–H groups in total. The molecule has 5 heteroatoms. The van der Waals surface area contributed by atoms with E-state index in [1.54, 1.807) is 7.11 Å². The Labute approximate surface area is 140 Å². The zero-order valence-electron chi connectivity index (χ0n) is 13.6. The molecule has 2 aromatic carbocycles. The summed E-state index contributed by atoms with van der Waals surface area (Å²) in [6, 6.07) is 15.8. The number of methoxy groups -OCH3 is 1. The third-order valence-corrected chi connectivity index (χ3v) is 3.77. The number of para-hydroxylation sites is 3. The fourth-order valence-electron chi connectivity index (χ4n) is 2.57. The topological polar surface area (TPSA) is 70.9 Å². The van der Waals surface area contributed by atoms with E-state index in [1.165, 1.54) is 0 Å². The second kappa shape index (κ2) is 7.51. The van der Waals surface area contributed by atoms with Gasteiger partial charge in [0.05, 0.1) is 36.4 Å². The number of aromatic amines is 1. The van der Waals surface area contributed by atoms with Gasteiger partial charge in [-0.1, -0.05) is 18.2 Å². The Kier molecular flexibility index (Phi) is 4.97. The minimum absolute atomic E-state index is 0.537. The first-order valence-corrected chi connectivity index (χ1v) is 7.95. The summed E-state index contributed by atoms with van der Waals surface area (Å²) < 4.78 is 11.4. The number of imidazole rings is 1. The van der Waals surface area contributed by atoms with E-state index in [0.717, 1.165) is 35.3 Å². The van der Waals surface area contributed by atoms with Crippen LogP contribution in [0.25, 0.3) is 22.4 Å². The number of hydrogen-bond donors (Lipinski definition) is 1. The van der Waals surface area contributed by atoms with Crippen LogP contribution in [0.2, 0.25) is 0 Å². The van der Waals surface area contributed by atoms with E-state index in [-0.39, 0.29) is 0 Å². The summed E-state index contributed by atoms with van der Waals surface area (Å²) in [4.78, 5) is 7.97. The summed E-state index contributed by atoms with van der Waals surface area (Å²) >= 11 is 0. The van der Waals surface area contributed by atoms with Gasteiger partial charge in [0.25, 0.3) is 0 Å². The van der Waals surface area contributed by atoms with Gasteiger partial charge in [-0.3, -0.25) is 0 Å². The maximum Gasteiger partial charge on any atom is 0.172 e. The van der Waals surface area contributed by atoms with E-state index in [2.05, 4.69) is 16.0 Å². The number of nitrogens with one attached hydrogen (secondary N) is 1. The molecule has 1 heterocycles. The molecule has 0 atom stereocenters. The second-order valence-electron chi connectivity index (χ2n) is 5.40. The van der Waals surface area contributed by atoms with E-state index in [1.807, 2.05) is 42.5 Å². The summed E-state index contributed by atoms with van der Waals surface area (Å²) in [6.07, 6.45) is 2.20. The Morgan fingerprint density at radius 1 is 1.12 bits per heavy atom. The molecule has 0 aliphatic carbocycles. The molecule has 0 aliphatic rings. The Balaban J connectivity index is 1.90. The van der Waals surface area contributed by atoms with Gasteiger partial charge in [-0.05, 0) is 37.1 Å². The maximum atomic E-state index is 8.60. The molecule has 3 aromatic rings. The molecule has 0 radical (unpaired) electrons. The van der Waals surface area contributed by atoms with Gasteiger partial charge < -0.3 is 14.5 Å². The predicted octanol–water partition coefficient (Wildman–Crippen LogP) is 4.31. The van der Waals surface area contributed by atoms with Crippen molar-refractivity contribution in [2.45, 2.75) is 19.3 Å². The Hall–Kier alpha value is -3.00. The van der Waals surface area contributed by atoms with Crippen LogP contribution >= 0.6 is 0 Å². The lowest BCUT2D eigenvalue weighted by Gasteiger charge is -2.13. The van der Waals surface area contributed by atoms with Gasteiger partial charge in [-0.2, -0.15) is 5.26 Å². The van der Waals surface area contributed by atoms with Crippen molar-refractivity contribution in [1.82, 2.24) is 9.97 Å². The smallest absolute Gasteiger partial charge is 0.172 e. The fraction of sp³-hybridized carbons (Fsp3) is 0.263. The van der Waals surface area contributed by atoms with E-state index in [4.69, 9.17) is 14.7 Å². The van der Waals surface area contributed by atoms with Crippen LogP contribution in [0.4, 0.5) is 0 Å². The quantitative estimate of drug-likeness (QED) is 0.658. The molecule has 5 nitrogen and oxygen atoms in total. The van der Waals surface area contributed by atoms with Crippen LogP contribution in [0.15, 0.2) is 42.5 Å². The fourth-order valence-corrected chi connectivity index (χ4v) is 2.57. The van der Waals surface area contributed by atoms with Crippen molar-refractivity contribution in [3.05, 3.63) is 42.5 Å². The molecule has 3 rings (SSSR count). The van der Waals surface area contributed by atoms with Crippen LogP contribution in [0.1, 0.15) is 19.3 Å². The standard InChI is InChI=1S/C19H19N3O2/c1-23-17-11-7-8-14(18(17)24-13-6-2-5-12-20)19-21-15-9-3-4-10-16(15)22-19/h3-4,7-11H,2,5-6,13H2,1H3,(H,21,22). The van der Waals surface area contributed by atoms with Crippen molar-refractivity contribution >= 4 is 11.0 Å². The van der Waals surface area contributed by atoms with E-state index >= 15 is 0 Å². The molecular weight excluding hydrogens is 302 g/mol. The van der Waals surface area contributed by atoms with Crippen LogP contribution in [0.5, 0.6) is 11.5 Å². The molecule has 0 bridgehead atoms. The van der Waals surface area contributed by atoms with Crippen molar-refractivity contribution in [2.75, 3.05) is 13.7 Å². The number of fused-ring (bicyclic) bond motifs is 1. The minimum atomic E-state index is 0.537. The number of unbranched alkanes of at least 4 members (excludes halogenated alkanes) is 2. The zero-order valence-corrected chi connectivity index (χ0v) is 13.6. The van der Waals surface area contributed by atoms with Gasteiger partial charge in [0.2, 0.25) is 0 Å². The normalized spacial score (nSPS) is 10.5. The number of aromatic nitrogens is 2. The molecule has 0 fully saturated rings. The average molecular weight is 321 g/mol. The summed E-state index contributed by atoms with van der Waals surface area (Å²) in [5.74, 6) is 2.10. The molecule has 0 spiro atoms. The molecule has 0 saturated carbocycles. The van der Waals surface area contributed by atoms with E-state index in [0.29, 0.717) is 24.5 Å². The van der Waals surface area contributed by atoms with Crippen molar-refractivity contribution in [3.63, 3.8) is 0 Å². The highest BCUT2D eigenvalue weighted by Crippen LogP contribution is 2.37. The van der Waals surface area contributed by atoms with Gasteiger partial charge >= 0.3 is 0 Å². The first kappa shape index (κ1) is 15.9. The summed E-state index contributed by atoms with van der Waals surface area (Å²) in [5.41, 5.74) is 2.76. The molecular formula is C19H19N3O2. The van der Waals surface area contributed by atoms with Crippen molar-refractivity contribution < 1.29 is 9.47 Å². The lowest BCUT2D eigenvalue weighted by Crippen LogP contribution is -2.01. The molecule has 0 unspecified atom stereocenters. The molecule has 24 heavy (non-hydrogen) atoms. The molecule has 0 amide bonds. The molecule has 0 aliphatic heterocycles. The maximum absolute atomic E-state index is 8.60. The second-order valence-corrected chi connectivity index (χ2v) is 5.40. The minimum Gasteiger partial charge on any atom is -0.493 e. The predicted molar refractivity (Wildman–Crippen MR) is 93.0 cm³/mol. The van der Waals surface area contributed by atoms with Crippen molar-refractivity contribution in [1.29, 1.82) is 5.26 Å². The summed E-state index contributed by atoms with van der Waals surface area (Å²) in [7, 11) is 1.63. The lowest BCUT2D eigenvalue weighted by molar-refractivity contribution is 0.288. The number of H-pyrrole nitrogens is 1. The van der Waals surface area contributed by atoms with E-state index < -0.39 is 0 Å². The SMILES string of the molecule is COc1cccc(-c2nc3ccccc3[nH]2)c1OCCCCC#N. The summed E-state index contributed by atoms with van der Waals surface area (Å²) in [6.45, 7) is 0.537. The Bertz CT molecular complexity index is 831. The van der Waals surface area contributed by atoms with Crippen LogP contribution in [-0.4, -0.2) is 23.7 Å². The van der Waals surface area contributed by atoms with Gasteiger partial charge in [0, 0.05) is 6.42 Å². The molecule has 122 valence electrons. The Morgan fingerprint density at radius 3 is 2.79 bits per heavy atom. The zero-order chi connectivity index (χ0) is 16.8. The van der Waals surface area contributed by atoms with Gasteiger partial charge in [-0.25, -0.2) is 4.98 Å². The average Bonchev–Trinajstić information content (AvgIpc) is 3.05. The first-order chi connectivity index (χ1) is 11.8. The highest BCUT2D eigenvalue weighted by Gasteiger charge is 2.15. The number of nitrogens with zero attached hydrogens (tertiary/aromatic N) is 2. The number of rotatable bonds is 7. The number of hydrogen-bond acceptors (Lipinski definition) is 4.